The number of rotatable bonds is 9. The number of nitrogens with one attached hydrogen (secondary N) is 2. The van der Waals surface area contributed by atoms with Crippen molar-refractivity contribution in [2.45, 2.75) is 82.5 Å². The van der Waals surface area contributed by atoms with Gasteiger partial charge in [0, 0.05) is 44.1 Å². The Morgan fingerprint density at radius 2 is 1.61 bits per heavy atom. The van der Waals surface area contributed by atoms with Gasteiger partial charge in [-0.15, -0.1) is 0 Å². The molecule has 0 unspecified atom stereocenters. The van der Waals surface area contributed by atoms with E-state index in [1.807, 2.05) is 5.32 Å². The van der Waals surface area contributed by atoms with Crippen LogP contribution in [0.1, 0.15) is 62.5 Å². The quantitative estimate of drug-likeness (QED) is 0.504. The minimum atomic E-state index is -4.88. The number of carbonyl (C=O) groups excluding carboxylic acids is 3. The average Bonchev–Trinajstić information content (AvgIpc) is 2.88. The van der Waals surface area contributed by atoms with Gasteiger partial charge in [0.05, 0.1) is 0 Å². The summed E-state index contributed by atoms with van der Waals surface area (Å²) in [6, 6.07) is 8.78. The molecular formula is C28H41F3N4O3. The highest BCUT2D eigenvalue weighted by Gasteiger charge is 2.39. The number of benzene rings is 1. The van der Waals surface area contributed by atoms with Crippen molar-refractivity contribution < 1.29 is 27.6 Å². The first-order valence-electron chi connectivity index (χ1n) is 13.5. The van der Waals surface area contributed by atoms with Gasteiger partial charge in [-0.25, -0.2) is 0 Å². The van der Waals surface area contributed by atoms with E-state index in [0.29, 0.717) is 25.9 Å². The Bertz CT molecular complexity index is 949. The largest absolute Gasteiger partial charge is 0.471 e. The lowest BCUT2D eigenvalue weighted by Crippen LogP contribution is -2.52. The fourth-order valence-corrected chi connectivity index (χ4v) is 5.57. The fourth-order valence-electron chi connectivity index (χ4n) is 5.57. The number of hydrogen-bond donors (Lipinski definition) is 2. The third-order valence-electron chi connectivity index (χ3n) is 8.23. The number of nitrogens with zero attached hydrogens (tertiary/aromatic N) is 2. The number of hydrogen-bond acceptors (Lipinski definition) is 4. The van der Waals surface area contributed by atoms with Gasteiger partial charge in [-0.05, 0) is 77.4 Å². The Balaban J connectivity index is 1.36. The number of likely N-dealkylation sites (tertiary alicyclic amines) is 1. The van der Waals surface area contributed by atoms with E-state index in [1.54, 1.807) is 4.90 Å². The second kappa shape index (κ2) is 13.0. The Morgan fingerprint density at radius 3 is 2.16 bits per heavy atom. The molecule has 2 fully saturated rings. The van der Waals surface area contributed by atoms with Crippen LogP contribution in [0.4, 0.5) is 13.2 Å². The molecule has 1 aliphatic heterocycles. The van der Waals surface area contributed by atoms with Crippen LogP contribution in [0.25, 0.3) is 0 Å². The van der Waals surface area contributed by atoms with E-state index in [9.17, 15) is 27.6 Å². The first-order chi connectivity index (χ1) is 17.9. The molecule has 2 N–H and O–H groups in total. The van der Waals surface area contributed by atoms with Crippen LogP contribution in [0.3, 0.4) is 0 Å². The fraction of sp³-hybridized carbons (Fsp3) is 0.679. The van der Waals surface area contributed by atoms with E-state index in [2.05, 4.69) is 55.5 Å². The zero-order valence-corrected chi connectivity index (χ0v) is 22.7. The number of likely N-dealkylation sites (N-methyl/N-ethyl adjacent to an activating group) is 1. The minimum absolute atomic E-state index is 0.0513. The number of aryl methyl sites for hydroxylation is 1. The standard InChI is InChI=1S/C28H41F3N4O3/c1-20-4-6-21(7-5-20)18-27(34(2)3)14-10-23(11-15-27)33-24(36)8-9-25(37)35-16-12-22(13-17-35)19-32-26(38)28(29,30)31/h4-7,22-23H,8-19H2,1-3H3,(H,32,38)(H,33,36). The number of amides is 3. The highest BCUT2D eigenvalue weighted by Crippen LogP contribution is 2.35. The lowest BCUT2D eigenvalue weighted by atomic mass is 9.74. The zero-order valence-electron chi connectivity index (χ0n) is 22.7. The van der Waals surface area contributed by atoms with Gasteiger partial charge >= 0.3 is 12.1 Å². The molecule has 1 heterocycles. The Labute approximate surface area is 223 Å². The third-order valence-corrected chi connectivity index (χ3v) is 8.23. The van der Waals surface area contributed by atoms with Gasteiger partial charge in [-0.1, -0.05) is 29.8 Å². The Morgan fingerprint density at radius 1 is 1.00 bits per heavy atom. The van der Waals surface area contributed by atoms with Crippen LogP contribution in [0, 0.1) is 12.8 Å². The molecule has 0 spiro atoms. The van der Waals surface area contributed by atoms with Gasteiger partial charge in [0.1, 0.15) is 0 Å². The van der Waals surface area contributed by atoms with Crippen LogP contribution in [-0.4, -0.2) is 79.0 Å². The summed E-state index contributed by atoms with van der Waals surface area (Å²) in [6.07, 6.45) is 1.12. The van der Waals surface area contributed by atoms with Crippen molar-refractivity contribution in [2.24, 2.45) is 5.92 Å². The minimum Gasteiger partial charge on any atom is -0.353 e. The maximum Gasteiger partial charge on any atom is 0.471 e. The van der Waals surface area contributed by atoms with Crippen LogP contribution in [-0.2, 0) is 20.8 Å². The molecule has 7 nitrogen and oxygen atoms in total. The monoisotopic (exact) mass is 538 g/mol. The molecule has 1 saturated heterocycles. The second-order valence-electron chi connectivity index (χ2n) is 11.2. The highest BCUT2D eigenvalue weighted by molar-refractivity contribution is 5.84. The molecule has 0 atom stereocenters. The second-order valence-corrected chi connectivity index (χ2v) is 11.2. The molecule has 0 bridgehead atoms. The molecule has 2 aliphatic rings. The van der Waals surface area contributed by atoms with Crippen molar-refractivity contribution >= 4 is 17.7 Å². The average molecular weight is 539 g/mol. The summed E-state index contributed by atoms with van der Waals surface area (Å²) in [5.41, 5.74) is 2.63. The molecule has 3 rings (SSSR count). The Kier molecular flexibility index (Phi) is 10.2. The van der Waals surface area contributed by atoms with Gasteiger partial charge in [-0.3, -0.25) is 14.4 Å². The van der Waals surface area contributed by atoms with E-state index < -0.39 is 12.1 Å². The first-order valence-corrected chi connectivity index (χ1v) is 13.5. The lowest BCUT2D eigenvalue weighted by Gasteiger charge is -2.45. The van der Waals surface area contributed by atoms with Crippen LogP contribution in [0.15, 0.2) is 24.3 Å². The first kappa shape index (κ1) is 29.9. The van der Waals surface area contributed by atoms with E-state index in [4.69, 9.17) is 0 Å². The maximum atomic E-state index is 12.6. The van der Waals surface area contributed by atoms with Gasteiger partial charge in [0.15, 0.2) is 0 Å². The van der Waals surface area contributed by atoms with E-state index in [-0.39, 0.29) is 48.7 Å². The summed E-state index contributed by atoms with van der Waals surface area (Å²) in [6.45, 7) is 2.87. The molecular weight excluding hydrogens is 497 g/mol. The van der Waals surface area contributed by atoms with Crippen molar-refractivity contribution in [1.29, 1.82) is 0 Å². The Hall–Kier alpha value is -2.62. The number of carbonyl (C=O) groups is 3. The smallest absolute Gasteiger partial charge is 0.353 e. The summed E-state index contributed by atoms with van der Waals surface area (Å²) in [5.74, 6) is -2.27. The van der Waals surface area contributed by atoms with Crippen molar-refractivity contribution in [3.63, 3.8) is 0 Å². The summed E-state index contributed by atoms with van der Waals surface area (Å²) in [5, 5.41) is 5.03. The summed E-state index contributed by atoms with van der Waals surface area (Å²) >= 11 is 0. The summed E-state index contributed by atoms with van der Waals surface area (Å²) in [4.78, 5) is 40.1. The molecule has 10 heteroatoms. The summed E-state index contributed by atoms with van der Waals surface area (Å²) < 4.78 is 37.0. The van der Waals surface area contributed by atoms with Crippen molar-refractivity contribution in [2.75, 3.05) is 33.7 Å². The molecule has 0 aromatic heterocycles. The normalized spacial score (nSPS) is 22.8. The molecule has 1 aliphatic carbocycles. The van der Waals surface area contributed by atoms with E-state index in [1.165, 1.54) is 11.1 Å². The van der Waals surface area contributed by atoms with Crippen molar-refractivity contribution in [3.05, 3.63) is 35.4 Å². The van der Waals surface area contributed by atoms with Crippen LogP contribution in [0.5, 0.6) is 0 Å². The summed E-state index contributed by atoms with van der Waals surface area (Å²) in [7, 11) is 4.25. The molecule has 1 saturated carbocycles. The molecule has 212 valence electrons. The third kappa shape index (κ3) is 8.44. The van der Waals surface area contributed by atoms with Gasteiger partial charge in [0.2, 0.25) is 11.8 Å². The molecule has 1 aromatic rings. The number of alkyl halides is 3. The topological polar surface area (TPSA) is 81.8 Å². The predicted octanol–water partition coefficient (Wildman–Crippen LogP) is 3.59. The maximum absolute atomic E-state index is 12.6. The molecule has 1 aromatic carbocycles. The van der Waals surface area contributed by atoms with Crippen LogP contribution < -0.4 is 10.6 Å². The van der Waals surface area contributed by atoms with Crippen molar-refractivity contribution in [3.8, 4) is 0 Å². The van der Waals surface area contributed by atoms with E-state index >= 15 is 0 Å². The lowest BCUT2D eigenvalue weighted by molar-refractivity contribution is -0.173. The molecule has 3 amide bonds. The highest BCUT2D eigenvalue weighted by atomic mass is 19.4. The number of piperidine rings is 1. The van der Waals surface area contributed by atoms with Gasteiger partial charge in [0.25, 0.3) is 0 Å². The SMILES string of the molecule is Cc1ccc(CC2(N(C)C)CCC(NC(=O)CCC(=O)N3CCC(CNC(=O)C(F)(F)F)CC3)CC2)cc1. The number of halogens is 3. The van der Waals surface area contributed by atoms with Gasteiger partial charge in [-0.2, -0.15) is 13.2 Å². The van der Waals surface area contributed by atoms with Crippen LogP contribution >= 0.6 is 0 Å². The molecule has 38 heavy (non-hydrogen) atoms. The predicted molar refractivity (Wildman–Crippen MR) is 139 cm³/mol. The van der Waals surface area contributed by atoms with Crippen LogP contribution in [0.2, 0.25) is 0 Å². The van der Waals surface area contributed by atoms with Gasteiger partial charge < -0.3 is 20.4 Å². The molecule has 0 radical (unpaired) electrons. The van der Waals surface area contributed by atoms with E-state index in [0.717, 1.165) is 32.1 Å². The van der Waals surface area contributed by atoms with Crippen molar-refractivity contribution in [1.82, 2.24) is 20.4 Å². The zero-order chi connectivity index (χ0) is 27.9.